The molecular weight excluding hydrogens is 216 g/mol. The SMILES string of the molecule is Cc1cc(C(CN)C(=O)O)c2ccccc2n1. The van der Waals surface area contributed by atoms with Gasteiger partial charge in [0.25, 0.3) is 0 Å². The molecular formula is C13H14N2O2. The zero-order valence-corrected chi connectivity index (χ0v) is 9.55. The van der Waals surface area contributed by atoms with Crippen molar-refractivity contribution in [3.05, 3.63) is 41.6 Å². The molecule has 0 fully saturated rings. The summed E-state index contributed by atoms with van der Waals surface area (Å²) in [5.41, 5.74) is 7.90. The van der Waals surface area contributed by atoms with E-state index in [9.17, 15) is 9.90 Å². The minimum absolute atomic E-state index is 0.0861. The summed E-state index contributed by atoms with van der Waals surface area (Å²) in [5.74, 6) is -1.58. The summed E-state index contributed by atoms with van der Waals surface area (Å²) in [6, 6.07) is 9.31. The average Bonchev–Trinajstić information content (AvgIpc) is 2.29. The third-order valence-electron chi connectivity index (χ3n) is 2.79. The van der Waals surface area contributed by atoms with Gasteiger partial charge in [0.2, 0.25) is 0 Å². The average molecular weight is 230 g/mol. The highest BCUT2D eigenvalue weighted by molar-refractivity contribution is 5.88. The third-order valence-corrected chi connectivity index (χ3v) is 2.79. The van der Waals surface area contributed by atoms with Crippen LogP contribution in [0.5, 0.6) is 0 Å². The molecule has 3 N–H and O–H groups in total. The van der Waals surface area contributed by atoms with E-state index in [1.165, 1.54) is 0 Å². The van der Waals surface area contributed by atoms with Crippen LogP contribution in [-0.2, 0) is 4.79 Å². The van der Waals surface area contributed by atoms with Crippen LogP contribution in [0.15, 0.2) is 30.3 Å². The molecule has 0 amide bonds. The van der Waals surface area contributed by atoms with Gasteiger partial charge in [0.05, 0.1) is 11.4 Å². The van der Waals surface area contributed by atoms with Gasteiger partial charge in [-0.1, -0.05) is 18.2 Å². The zero-order valence-electron chi connectivity index (χ0n) is 9.55. The second-order valence-corrected chi connectivity index (χ2v) is 4.00. The van der Waals surface area contributed by atoms with E-state index in [1.54, 1.807) is 6.07 Å². The molecule has 0 saturated heterocycles. The Balaban J connectivity index is 2.70. The second kappa shape index (κ2) is 4.51. The maximum Gasteiger partial charge on any atom is 0.312 e. The van der Waals surface area contributed by atoms with Crippen LogP contribution in [0.3, 0.4) is 0 Å². The third kappa shape index (κ3) is 2.12. The Bertz CT molecular complexity index is 566. The van der Waals surface area contributed by atoms with Crippen LogP contribution in [-0.4, -0.2) is 22.6 Å². The minimum Gasteiger partial charge on any atom is -0.481 e. The van der Waals surface area contributed by atoms with Crippen LogP contribution >= 0.6 is 0 Å². The first-order valence-electron chi connectivity index (χ1n) is 5.42. The number of carboxylic acid groups (broad SMARTS) is 1. The number of pyridine rings is 1. The Kier molecular flexibility index (Phi) is 3.06. The number of hydrogen-bond acceptors (Lipinski definition) is 3. The molecule has 1 heterocycles. The Hall–Kier alpha value is -1.94. The van der Waals surface area contributed by atoms with Gasteiger partial charge >= 0.3 is 5.97 Å². The summed E-state index contributed by atoms with van der Waals surface area (Å²) in [6.07, 6.45) is 0. The largest absolute Gasteiger partial charge is 0.481 e. The highest BCUT2D eigenvalue weighted by Gasteiger charge is 2.20. The van der Waals surface area contributed by atoms with Crippen molar-refractivity contribution in [2.24, 2.45) is 5.73 Å². The van der Waals surface area contributed by atoms with Gasteiger partial charge in [-0.05, 0) is 24.6 Å². The first-order chi connectivity index (χ1) is 8.13. The van der Waals surface area contributed by atoms with Crippen LogP contribution in [0, 0.1) is 6.92 Å². The van der Waals surface area contributed by atoms with Gasteiger partial charge in [-0.2, -0.15) is 0 Å². The number of carboxylic acids is 1. The standard InChI is InChI=1S/C13H14N2O2/c1-8-6-10(11(7-14)13(16)17)9-4-2-3-5-12(9)15-8/h2-6,11H,7,14H2,1H3,(H,16,17). The van der Waals surface area contributed by atoms with Crippen molar-refractivity contribution in [2.75, 3.05) is 6.54 Å². The molecule has 17 heavy (non-hydrogen) atoms. The molecule has 2 rings (SSSR count). The van der Waals surface area contributed by atoms with Crippen LogP contribution in [0.2, 0.25) is 0 Å². The molecule has 0 bridgehead atoms. The fourth-order valence-electron chi connectivity index (χ4n) is 1.99. The van der Waals surface area contributed by atoms with E-state index in [1.807, 2.05) is 31.2 Å². The predicted molar refractivity (Wildman–Crippen MR) is 65.9 cm³/mol. The number of aryl methyl sites for hydroxylation is 1. The van der Waals surface area contributed by atoms with E-state index >= 15 is 0 Å². The van der Waals surface area contributed by atoms with E-state index in [-0.39, 0.29) is 6.54 Å². The van der Waals surface area contributed by atoms with E-state index in [2.05, 4.69) is 4.98 Å². The van der Waals surface area contributed by atoms with Gasteiger partial charge in [0.1, 0.15) is 0 Å². The summed E-state index contributed by atoms with van der Waals surface area (Å²) in [7, 11) is 0. The number of nitrogens with zero attached hydrogens (tertiary/aromatic N) is 1. The summed E-state index contributed by atoms with van der Waals surface area (Å²) in [6.45, 7) is 1.94. The summed E-state index contributed by atoms with van der Waals surface area (Å²) in [4.78, 5) is 15.6. The fourth-order valence-corrected chi connectivity index (χ4v) is 1.99. The maximum atomic E-state index is 11.2. The highest BCUT2D eigenvalue weighted by atomic mass is 16.4. The van der Waals surface area contributed by atoms with Crippen molar-refractivity contribution in [3.8, 4) is 0 Å². The van der Waals surface area contributed by atoms with Gasteiger partial charge in [-0.15, -0.1) is 0 Å². The highest BCUT2D eigenvalue weighted by Crippen LogP contribution is 2.25. The Morgan fingerprint density at radius 1 is 1.47 bits per heavy atom. The summed E-state index contributed by atoms with van der Waals surface area (Å²) >= 11 is 0. The Labute approximate surface area is 99.1 Å². The topological polar surface area (TPSA) is 76.2 Å². The van der Waals surface area contributed by atoms with Crippen LogP contribution in [0.4, 0.5) is 0 Å². The number of carbonyl (C=O) groups is 1. The van der Waals surface area contributed by atoms with Gasteiger partial charge in [0, 0.05) is 17.6 Å². The maximum absolute atomic E-state index is 11.2. The number of fused-ring (bicyclic) bond motifs is 1. The first-order valence-corrected chi connectivity index (χ1v) is 5.42. The molecule has 1 unspecified atom stereocenters. The van der Waals surface area contributed by atoms with Crippen LogP contribution in [0.25, 0.3) is 10.9 Å². The molecule has 1 atom stereocenters. The number of aliphatic carboxylic acids is 1. The van der Waals surface area contributed by atoms with Gasteiger partial charge in [0.15, 0.2) is 0 Å². The van der Waals surface area contributed by atoms with Crippen molar-refractivity contribution in [2.45, 2.75) is 12.8 Å². The van der Waals surface area contributed by atoms with Gasteiger partial charge in [-0.25, -0.2) is 0 Å². The second-order valence-electron chi connectivity index (χ2n) is 4.00. The summed E-state index contributed by atoms with van der Waals surface area (Å²) < 4.78 is 0. The van der Waals surface area contributed by atoms with Crippen LogP contribution in [0.1, 0.15) is 17.2 Å². The molecule has 1 aromatic carbocycles. The first kappa shape index (κ1) is 11.5. The van der Waals surface area contributed by atoms with Crippen molar-refractivity contribution in [1.29, 1.82) is 0 Å². The number of hydrogen-bond donors (Lipinski definition) is 2. The number of aromatic nitrogens is 1. The number of benzene rings is 1. The number of para-hydroxylation sites is 1. The molecule has 0 aliphatic carbocycles. The molecule has 0 radical (unpaired) electrons. The van der Waals surface area contributed by atoms with E-state index in [0.29, 0.717) is 0 Å². The quantitative estimate of drug-likeness (QED) is 0.840. The van der Waals surface area contributed by atoms with E-state index < -0.39 is 11.9 Å². The monoisotopic (exact) mass is 230 g/mol. The lowest BCUT2D eigenvalue weighted by molar-refractivity contribution is -0.138. The van der Waals surface area contributed by atoms with Crippen LogP contribution < -0.4 is 5.73 Å². The number of nitrogens with two attached hydrogens (primary N) is 1. The molecule has 0 aliphatic rings. The number of rotatable bonds is 3. The Morgan fingerprint density at radius 3 is 2.82 bits per heavy atom. The fraction of sp³-hybridized carbons (Fsp3) is 0.231. The molecule has 1 aromatic heterocycles. The van der Waals surface area contributed by atoms with Crippen molar-refractivity contribution in [3.63, 3.8) is 0 Å². The van der Waals surface area contributed by atoms with E-state index in [4.69, 9.17) is 5.73 Å². The predicted octanol–water partition coefficient (Wildman–Crippen LogP) is 1.67. The molecule has 88 valence electrons. The van der Waals surface area contributed by atoms with Crippen molar-refractivity contribution in [1.82, 2.24) is 4.98 Å². The zero-order chi connectivity index (χ0) is 12.4. The molecule has 2 aromatic rings. The lowest BCUT2D eigenvalue weighted by atomic mass is 9.95. The van der Waals surface area contributed by atoms with E-state index in [0.717, 1.165) is 22.2 Å². The molecule has 4 nitrogen and oxygen atoms in total. The Morgan fingerprint density at radius 2 is 2.18 bits per heavy atom. The van der Waals surface area contributed by atoms with Crippen molar-refractivity contribution < 1.29 is 9.90 Å². The molecule has 0 spiro atoms. The summed E-state index contributed by atoms with van der Waals surface area (Å²) in [5, 5.41) is 10.0. The van der Waals surface area contributed by atoms with Gasteiger partial charge in [-0.3, -0.25) is 9.78 Å². The molecule has 0 aliphatic heterocycles. The lowest BCUT2D eigenvalue weighted by Gasteiger charge is -2.13. The minimum atomic E-state index is -0.900. The molecule has 0 saturated carbocycles. The molecule has 4 heteroatoms. The smallest absolute Gasteiger partial charge is 0.312 e. The normalized spacial score (nSPS) is 12.6. The lowest BCUT2D eigenvalue weighted by Crippen LogP contribution is -2.21. The van der Waals surface area contributed by atoms with Crippen molar-refractivity contribution >= 4 is 16.9 Å². The van der Waals surface area contributed by atoms with Gasteiger partial charge < -0.3 is 10.8 Å².